The maximum Gasteiger partial charge on any atom is 0.191 e. The summed E-state index contributed by atoms with van der Waals surface area (Å²) in [6.07, 6.45) is 2.73. The largest absolute Gasteiger partial charge is 0.356 e. The van der Waals surface area contributed by atoms with E-state index in [1.807, 2.05) is 7.05 Å². The second kappa shape index (κ2) is 10.4. The van der Waals surface area contributed by atoms with Gasteiger partial charge in [0.2, 0.25) is 0 Å². The Labute approximate surface area is 149 Å². The molecule has 0 aromatic carbocycles. The van der Waals surface area contributed by atoms with Gasteiger partial charge in [0.05, 0.1) is 6.54 Å². The smallest absolute Gasteiger partial charge is 0.191 e. The second-order valence-electron chi connectivity index (χ2n) is 5.50. The van der Waals surface area contributed by atoms with Crippen LogP contribution in [0.5, 0.6) is 0 Å². The predicted molar refractivity (Wildman–Crippen MR) is 103 cm³/mol. The highest BCUT2D eigenvalue weighted by Gasteiger charge is 2.14. The summed E-state index contributed by atoms with van der Waals surface area (Å²) in [6, 6.07) is 4.22. The standard InChI is InChI=1S/C15H26N4S.HI/c1-13(12-19-7-3-4-8-19)10-17-15(16-2)18-11-14-6-5-9-20-14;/h5-6,9,13H,3-4,7-8,10-12H2,1-2H3,(H2,16,17,18);1H. The van der Waals surface area contributed by atoms with Crippen LogP contribution in [0.2, 0.25) is 0 Å². The van der Waals surface area contributed by atoms with Crippen molar-refractivity contribution >= 4 is 41.3 Å². The van der Waals surface area contributed by atoms with E-state index < -0.39 is 0 Å². The van der Waals surface area contributed by atoms with E-state index in [0.29, 0.717) is 5.92 Å². The molecule has 2 N–H and O–H groups in total. The molecule has 21 heavy (non-hydrogen) atoms. The van der Waals surface area contributed by atoms with Gasteiger partial charge in [-0.05, 0) is 43.3 Å². The maximum absolute atomic E-state index is 4.28. The summed E-state index contributed by atoms with van der Waals surface area (Å²) in [6.45, 7) is 7.86. The van der Waals surface area contributed by atoms with Crippen LogP contribution in [0, 0.1) is 5.92 Å². The van der Waals surface area contributed by atoms with Gasteiger partial charge >= 0.3 is 0 Å². The van der Waals surface area contributed by atoms with E-state index in [2.05, 4.69) is 45.0 Å². The van der Waals surface area contributed by atoms with Crippen molar-refractivity contribution in [1.82, 2.24) is 15.5 Å². The number of rotatable bonds is 6. The number of guanidine groups is 1. The Balaban J connectivity index is 0.00000220. The molecule has 1 aliphatic heterocycles. The summed E-state index contributed by atoms with van der Waals surface area (Å²) in [4.78, 5) is 8.17. The Hall–Kier alpha value is -0.340. The van der Waals surface area contributed by atoms with Crippen molar-refractivity contribution in [1.29, 1.82) is 0 Å². The molecule has 4 nitrogen and oxygen atoms in total. The lowest BCUT2D eigenvalue weighted by Gasteiger charge is -2.21. The average molecular weight is 422 g/mol. The van der Waals surface area contributed by atoms with Crippen LogP contribution >= 0.6 is 35.3 Å². The number of thiophene rings is 1. The Morgan fingerprint density at radius 1 is 1.38 bits per heavy atom. The fourth-order valence-corrected chi connectivity index (χ4v) is 3.19. The molecule has 0 spiro atoms. The van der Waals surface area contributed by atoms with Gasteiger partial charge in [-0.3, -0.25) is 4.99 Å². The van der Waals surface area contributed by atoms with E-state index in [9.17, 15) is 0 Å². The zero-order valence-corrected chi connectivity index (χ0v) is 16.1. The molecule has 2 rings (SSSR count). The minimum absolute atomic E-state index is 0. The average Bonchev–Trinajstić information content (AvgIpc) is 3.12. The van der Waals surface area contributed by atoms with Crippen LogP contribution in [0.4, 0.5) is 0 Å². The lowest BCUT2D eigenvalue weighted by atomic mass is 10.1. The molecule has 1 saturated heterocycles. The Kier molecular flexibility index (Phi) is 9.26. The molecule has 1 aromatic heterocycles. The number of hydrogen-bond acceptors (Lipinski definition) is 3. The number of nitrogens with zero attached hydrogens (tertiary/aromatic N) is 2. The van der Waals surface area contributed by atoms with Crippen molar-refractivity contribution in [2.45, 2.75) is 26.3 Å². The Morgan fingerprint density at radius 2 is 2.14 bits per heavy atom. The van der Waals surface area contributed by atoms with E-state index in [-0.39, 0.29) is 24.0 Å². The van der Waals surface area contributed by atoms with Gasteiger partial charge < -0.3 is 15.5 Å². The molecule has 0 amide bonds. The highest BCUT2D eigenvalue weighted by Crippen LogP contribution is 2.10. The zero-order chi connectivity index (χ0) is 14.2. The summed E-state index contributed by atoms with van der Waals surface area (Å²) in [7, 11) is 1.83. The van der Waals surface area contributed by atoms with Crippen LogP contribution < -0.4 is 10.6 Å². The molecular formula is C15H27IN4S. The van der Waals surface area contributed by atoms with Crippen LogP contribution in [0.15, 0.2) is 22.5 Å². The summed E-state index contributed by atoms with van der Waals surface area (Å²) >= 11 is 1.77. The van der Waals surface area contributed by atoms with Crippen molar-refractivity contribution in [3.8, 4) is 0 Å². The third kappa shape index (κ3) is 6.97. The molecule has 0 saturated carbocycles. The lowest BCUT2D eigenvalue weighted by molar-refractivity contribution is 0.287. The van der Waals surface area contributed by atoms with Crippen molar-refractivity contribution in [2.24, 2.45) is 10.9 Å². The number of hydrogen-bond donors (Lipinski definition) is 2. The number of likely N-dealkylation sites (tertiary alicyclic amines) is 1. The fourth-order valence-electron chi connectivity index (χ4n) is 2.55. The molecule has 6 heteroatoms. The minimum Gasteiger partial charge on any atom is -0.356 e. The molecule has 1 fully saturated rings. The molecule has 1 unspecified atom stereocenters. The van der Waals surface area contributed by atoms with Crippen LogP contribution in [-0.4, -0.2) is 44.1 Å². The molecule has 0 radical (unpaired) electrons. The van der Waals surface area contributed by atoms with E-state index in [4.69, 9.17) is 0 Å². The van der Waals surface area contributed by atoms with Crippen LogP contribution in [-0.2, 0) is 6.54 Å². The molecule has 1 aliphatic rings. The predicted octanol–water partition coefficient (Wildman–Crippen LogP) is 2.76. The molecule has 1 atom stereocenters. The van der Waals surface area contributed by atoms with E-state index >= 15 is 0 Å². The normalized spacial score (nSPS) is 17.3. The second-order valence-corrected chi connectivity index (χ2v) is 6.53. The van der Waals surface area contributed by atoms with Crippen LogP contribution in [0.3, 0.4) is 0 Å². The first-order valence-electron chi connectivity index (χ1n) is 7.47. The zero-order valence-electron chi connectivity index (χ0n) is 13.0. The Bertz CT molecular complexity index is 402. The fraction of sp³-hybridized carbons (Fsp3) is 0.667. The van der Waals surface area contributed by atoms with Crippen molar-refractivity contribution < 1.29 is 0 Å². The number of halogens is 1. The third-order valence-electron chi connectivity index (χ3n) is 3.62. The van der Waals surface area contributed by atoms with Crippen molar-refractivity contribution in [2.75, 3.05) is 33.2 Å². The molecule has 2 heterocycles. The molecule has 0 bridgehead atoms. The van der Waals surface area contributed by atoms with Crippen molar-refractivity contribution in [3.05, 3.63) is 22.4 Å². The monoisotopic (exact) mass is 422 g/mol. The molecule has 0 aliphatic carbocycles. The van der Waals surface area contributed by atoms with E-state index in [1.165, 1.54) is 37.4 Å². The third-order valence-corrected chi connectivity index (χ3v) is 4.50. The van der Waals surface area contributed by atoms with E-state index in [0.717, 1.165) is 19.0 Å². The van der Waals surface area contributed by atoms with Crippen LogP contribution in [0.1, 0.15) is 24.6 Å². The van der Waals surface area contributed by atoms with E-state index in [1.54, 1.807) is 11.3 Å². The van der Waals surface area contributed by atoms with Gasteiger partial charge in [0.15, 0.2) is 5.96 Å². The highest BCUT2D eigenvalue weighted by atomic mass is 127. The topological polar surface area (TPSA) is 39.7 Å². The SMILES string of the molecule is CN=C(NCc1cccs1)NCC(C)CN1CCCC1.I. The first-order valence-corrected chi connectivity index (χ1v) is 8.35. The van der Waals surface area contributed by atoms with Gasteiger partial charge in [0, 0.05) is 25.0 Å². The molecular weight excluding hydrogens is 395 g/mol. The van der Waals surface area contributed by atoms with Gasteiger partial charge in [-0.15, -0.1) is 35.3 Å². The maximum atomic E-state index is 4.28. The van der Waals surface area contributed by atoms with Gasteiger partial charge in [0.1, 0.15) is 0 Å². The number of nitrogens with one attached hydrogen (secondary N) is 2. The summed E-state index contributed by atoms with van der Waals surface area (Å²) in [5.41, 5.74) is 0. The summed E-state index contributed by atoms with van der Waals surface area (Å²) in [5.74, 6) is 1.54. The van der Waals surface area contributed by atoms with Gasteiger partial charge in [-0.1, -0.05) is 13.0 Å². The first kappa shape index (κ1) is 18.7. The van der Waals surface area contributed by atoms with Crippen molar-refractivity contribution in [3.63, 3.8) is 0 Å². The highest BCUT2D eigenvalue weighted by molar-refractivity contribution is 14.0. The Morgan fingerprint density at radius 3 is 2.76 bits per heavy atom. The van der Waals surface area contributed by atoms with Gasteiger partial charge in [-0.25, -0.2) is 0 Å². The quantitative estimate of drug-likeness (QED) is 0.421. The van der Waals surface area contributed by atoms with Crippen LogP contribution in [0.25, 0.3) is 0 Å². The van der Waals surface area contributed by atoms with Gasteiger partial charge in [0.25, 0.3) is 0 Å². The summed E-state index contributed by atoms with van der Waals surface area (Å²) < 4.78 is 0. The molecule has 1 aromatic rings. The number of aliphatic imine (C=N–C) groups is 1. The summed E-state index contributed by atoms with van der Waals surface area (Å²) in [5, 5.41) is 8.88. The molecule has 120 valence electrons. The lowest BCUT2D eigenvalue weighted by Crippen LogP contribution is -2.40. The van der Waals surface area contributed by atoms with Gasteiger partial charge in [-0.2, -0.15) is 0 Å². The first-order chi connectivity index (χ1) is 9.78. The minimum atomic E-state index is 0.